The Bertz CT molecular complexity index is 1080. The zero-order valence-corrected chi connectivity index (χ0v) is 17.5. The number of aromatic hydroxyl groups is 1. The van der Waals surface area contributed by atoms with E-state index in [4.69, 9.17) is 9.47 Å². The Morgan fingerprint density at radius 3 is 2.06 bits per heavy atom. The molecule has 0 fully saturated rings. The average molecular weight is 450 g/mol. The van der Waals surface area contributed by atoms with Crippen molar-refractivity contribution in [2.24, 2.45) is 0 Å². The molecular formula is C24H22N2O7. The van der Waals surface area contributed by atoms with Crippen LogP contribution in [-0.2, 0) is 33.9 Å². The molecule has 2 N–H and O–H groups in total. The molecule has 0 radical (unpaired) electrons. The molecule has 33 heavy (non-hydrogen) atoms. The van der Waals surface area contributed by atoms with Gasteiger partial charge in [0.1, 0.15) is 25.0 Å². The highest BCUT2D eigenvalue weighted by Crippen LogP contribution is 2.15. The summed E-state index contributed by atoms with van der Waals surface area (Å²) in [5, 5.41) is 22.7. The van der Waals surface area contributed by atoms with E-state index in [1.54, 1.807) is 24.3 Å². The highest BCUT2D eigenvalue weighted by molar-refractivity contribution is 5.81. The smallest absolute Gasteiger partial charge is 0.408 e. The number of non-ortho nitro benzene ring substituents is 1. The van der Waals surface area contributed by atoms with Gasteiger partial charge in [0.2, 0.25) is 0 Å². The van der Waals surface area contributed by atoms with Crippen LogP contribution in [0.4, 0.5) is 10.5 Å². The predicted octanol–water partition coefficient (Wildman–Crippen LogP) is 3.88. The van der Waals surface area contributed by atoms with E-state index in [1.807, 2.05) is 18.2 Å². The maximum absolute atomic E-state index is 12.7. The molecule has 0 aliphatic heterocycles. The van der Waals surface area contributed by atoms with Crippen LogP contribution in [-0.4, -0.2) is 28.1 Å². The fourth-order valence-electron chi connectivity index (χ4n) is 2.94. The van der Waals surface area contributed by atoms with Crippen molar-refractivity contribution in [1.82, 2.24) is 5.32 Å². The number of carbonyl (C=O) groups excluding carboxylic acids is 2. The van der Waals surface area contributed by atoms with Crippen molar-refractivity contribution in [3.8, 4) is 5.75 Å². The first-order valence-corrected chi connectivity index (χ1v) is 10.1. The first-order valence-electron chi connectivity index (χ1n) is 10.1. The van der Waals surface area contributed by atoms with Gasteiger partial charge in [-0.05, 0) is 41.0 Å². The summed E-state index contributed by atoms with van der Waals surface area (Å²) in [6, 6.07) is 19.9. The summed E-state index contributed by atoms with van der Waals surface area (Å²) in [6.07, 6.45) is -0.672. The number of nitrogens with zero attached hydrogens (tertiary/aromatic N) is 1. The lowest BCUT2D eigenvalue weighted by molar-refractivity contribution is -0.384. The second-order valence-corrected chi connectivity index (χ2v) is 7.16. The maximum atomic E-state index is 12.7. The molecule has 0 heterocycles. The number of phenols is 1. The topological polar surface area (TPSA) is 128 Å². The minimum absolute atomic E-state index is 0.0381. The Kier molecular flexibility index (Phi) is 7.96. The lowest BCUT2D eigenvalue weighted by atomic mass is 10.1. The van der Waals surface area contributed by atoms with Crippen molar-refractivity contribution in [2.45, 2.75) is 25.7 Å². The number of hydrogen-bond donors (Lipinski definition) is 2. The van der Waals surface area contributed by atoms with Crippen LogP contribution in [0.25, 0.3) is 0 Å². The number of carbonyl (C=O) groups is 2. The summed E-state index contributed by atoms with van der Waals surface area (Å²) >= 11 is 0. The highest BCUT2D eigenvalue weighted by atomic mass is 16.6. The summed E-state index contributed by atoms with van der Waals surface area (Å²) in [6.45, 7) is -0.0832. The monoisotopic (exact) mass is 450 g/mol. The molecule has 1 atom stereocenters. The largest absolute Gasteiger partial charge is 0.508 e. The molecule has 3 aromatic rings. The van der Waals surface area contributed by atoms with E-state index in [1.165, 1.54) is 36.4 Å². The molecule has 0 aromatic heterocycles. The van der Waals surface area contributed by atoms with Gasteiger partial charge in [-0.2, -0.15) is 0 Å². The molecular weight excluding hydrogens is 428 g/mol. The lowest BCUT2D eigenvalue weighted by Crippen LogP contribution is -2.43. The summed E-state index contributed by atoms with van der Waals surface area (Å²) in [5.74, 6) is -0.621. The first kappa shape index (κ1) is 23.3. The minimum Gasteiger partial charge on any atom is -0.508 e. The van der Waals surface area contributed by atoms with E-state index in [0.29, 0.717) is 11.1 Å². The third kappa shape index (κ3) is 7.35. The summed E-state index contributed by atoms with van der Waals surface area (Å²) < 4.78 is 10.5. The van der Waals surface area contributed by atoms with Crippen molar-refractivity contribution in [3.63, 3.8) is 0 Å². The number of nitro groups is 1. The second-order valence-electron chi connectivity index (χ2n) is 7.16. The molecule has 1 amide bonds. The number of benzene rings is 3. The molecule has 0 saturated carbocycles. The summed E-state index contributed by atoms with van der Waals surface area (Å²) in [4.78, 5) is 35.3. The van der Waals surface area contributed by atoms with Gasteiger partial charge in [0.15, 0.2) is 0 Å². The Morgan fingerprint density at radius 2 is 1.42 bits per heavy atom. The van der Waals surface area contributed by atoms with Crippen molar-refractivity contribution < 1.29 is 29.1 Å². The summed E-state index contributed by atoms with van der Waals surface area (Å²) in [7, 11) is 0. The standard InChI is InChI=1S/C24H22N2O7/c27-21-12-8-17(9-13-21)14-22(25-24(29)33-16-18-4-2-1-3-5-18)23(28)32-15-19-6-10-20(11-7-19)26(30)31/h1-13,22,27H,14-16H2,(H,25,29)/t22-/m0/s1. The Morgan fingerprint density at radius 1 is 0.848 bits per heavy atom. The van der Waals surface area contributed by atoms with Crippen molar-refractivity contribution >= 4 is 17.7 Å². The Labute approximate surface area is 189 Å². The number of alkyl carbamates (subject to hydrolysis) is 1. The molecule has 0 saturated heterocycles. The van der Waals surface area contributed by atoms with Crippen molar-refractivity contribution in [1.29, 1.82) is 0 Å². The van der Waals surface area contributed by atoms with Gasteiger partial charge in [-0.25, -0.2) is 9.59 Å². The predicted molar refractivity (Wildman–Crippen MR) is 118 cm³/mol. The number of nitro benzene ring substituents is 1. The molecule has 170 valence electrons. The van der Waals surface area contributed by atoms with Crippen LogP contribution in [0, 0.1) is 10.1 Å². The Hall–Kier alpha value is -4.40. The van der Waals surface area contributed by atoms with Crippen LogP contribution >= 0.6 is 0 Å². The zero-order valence-electron chi connectivity index (χ0n) is 17.5. The Balaban J connectivity index is 1.63. The van der Waals surface area contributed by atoms with Crippen LogP contribution in [0.5, 0.6) is 5.75 Å². The molecule has 0 spiro atoms. The highest BCUT2D eigenvalue weighted by Gasteiger charge is 2.24. The number of rotatable bonds is 9. The van der Waals surface area contributed by atoms with Gasteiger partial charge >= 0.3 is 12.1 Å². The number of esters is 1. The number of nitrogens with one attached hydrogen (secondary N) is 1. The van der Waals surface area contributed by atoms with Gasteiger partial charge in [-0.1, -0.05) is 42.5 Å². The first-order chi connectivity index (χ1) is 15.9. The van der Waals surface area contributed by atoms with E-state index in [0.717, 1.165) is 5.56 Å². The third-order valence-corrected chi connectivity index (χ3v) is 4.69. The lowest BCUT2D eigenvalue weighted by Gasteiger charge is -2.18. The maximum Gasteiger partial charge on any atom is 0.408 e. The number of phenolic OH excluding ortho intramolecular Hbond substituents is 1. The van der Waals surface area contributed by atoms with Crippen LogP contribution < -0.4 is 5.32 Å². The van der Waals surface area contributed by atoms with Gasteiger partial charge in [-0.3, -0.25) is 10.1 Å². The SMILES string of the molecule is O=C(N[C@@H](Cc1ccc(O)cc1)C(=O)OCc1ccc([N+](=O)[O-])cc1)OCc1ccccc1. The number of amides is 1. The van der Waals surface area contributed by atoms with Crippen molar-refractivity contribution in [2.75, 3.05) is 0 Å². The molecule has 9 heteroatoms. The van der Waals surface area contributed by atoms with Gasteiger partial charge in [0.05, 0.1) is 4.92 Å². The fraction of sp³-hybridized carbons (Fsp3) is 0.167. The van der Waals surface area contributed by atoms with Gasteiger partial charge in [0, 0.05) is 18.6 Å². The molecule has 0 unspecified atom stereocenters. The van der Waals surface area contributed by atoms with E-state index in [9.17, 15) is 24.8 Å². The second kappa shape index (κ2) is 11.3. The minimum atomic E-state index is -1.05. The van der Waals surface area contributed by atoms with Gasteiger partial charge in [-0.15, -0.1) is 0 Å². The molecule has 3 rings (SSSR count). The van der Waals surface area contributed by atoms with Crippen LogP contribution in [0.1, 0.15) is 16.7 Å². The van der Waals surface area contributed by atoms with E-state index in [2.05, 4.69) is 5.32 Å². The summed E-state index contributed by atoms with van der Waals surface area (Å²) in [5.41, 5.74) is 1.97. The molecule has 0 aliphatic rings. The molecule has 3 aromatic carbocycles. The zero-order chi connectivity index (χ0) is 23.6. The fourth-order valence-corrected chi connectivity index (χ4v) is 2.94. The van der Waals surface area contributed by atoms with Gasteiger partial charge in [0.25, 0.3) is 5.69 Å². The molecule has 9 nitrogen and oxygen atoms in total. The van der Waals surface area contributed by atoms with E-state index >= 15 is 0 Å². The van der Waals surface area contributed by atoms with E-state index in [-0.39, 0.29) is 31.1 Å². The third-order valence-electron chi connectivity index (χ3n) is 4.69. The quantitative estimate of drug-likeness (QED) is 0.288. The van der Waals surface area contributed by atoms with Crippen LogP contribution in [0.15, 0.2) is 78.9 Å². The molecule has 0 aliphatic carbocycles. The van der Waals surface area contributed by atoms with E-state index < -0.39 is 23.0 Å². The number of ether oxygens (including phenoxy) is 2. The van der Waals surface area contributed by atoms with Crippen LogP contribution in [0.2, 0.25) is 0 Å². The normalized spacial score (nSPS) is 11.3. The molecule has 0 bridgehead atoms. The van der Waals surface area contributed by atoms with Crippen LogP contribution in [0.3, 0.4) is 0 Å². The average Bonchev–Trinajstić information content (AvgIpc) is 2.83. The van der Waals surface area contributed by atoms with Gasteiger partial charge < -0.3 is 19.9 Å². The number of hydrogen-bond acceptors (Lipinski definition) is 7. The van der Waals surface area contributed by atoms with Crippen molar-refractivity contribution in [3.05, 3.63) is 106 Å².